The first kappa shape index (κ1) is 15.8. The van der Waals surface area contributed by atoms with Gasteiger partial charge in [0.05, 0.1) is 7.11 Å². The quantitative estimate of drug-likeness (QED) is 0.904. The number of nitrogens with zero attached hydrogens (tertiary/aromatic N) is 1. The number of piperidine rings is 1. The summed E-state index contributed by atoms with van der Waals surface area (Å²) in [7, 11) is 1.68. The van der Waals surface area contributed by atoms with Gasteiger partial charge in [0, 0.05) is 25.6 Å². The van der Waals surface area contributed by atoms with E-state index in [4.69, 9.17) is 10.5 Å². The molecule has 1 fully saturated rings. The number of nitrogens with two attached hydrogens (primary N) is 1. The van der Waals surface area contributed by atoms with E-state index >= 15 is 0 Å². The minimum Gasteiger partial charge on any atom is -0.497 e. The largest absolute Gasteiger partial charge is 0.497 e. The van der Waals surface area contributed by atoms with Gasteiger partial charge in [0.15, 0.2) is 0 Å². The summed E-state index contributed by atoms with van der Waals surface area (Å²) in [6.07, 6.45) is 3.70. The van der Waals surface area contributed by atoms with Crippen LogP contribution >= 0.6 is 0 Å². The van der Waals surface area contributed by atoms with Crippen molar-refractivity contribution in [3.8, 4) is 5.75 Å². The van der Waals surface area contributed by atoms with Crippen LogP contribution in [0.4, 0.5) is 0 Å². The molecule has 1 heterocycles. The Morgan fingerprint density at radius 2 is 1.95 bits per heavy atom. The number of carbonyl (C=O) groups is 1. The van der Waals surface area contributed by atoms with Crippen molar-refractivity contribution in [2.75, 3.05) is 20.2 Å². The summed E-state index contributed by atoms with van der Waals surface area (Å²) in [5, 5.41) is 0. The normalized spacial score (nSPS) is 17.6. The van der Waals surface area contributed by atoms with E-state index in [0.29, 0.717) is 12.3 Å². The van der Waals surface area contributed by atoms with Crippen molar-refractivity contribution in [1.29, 1.82) is 0 Å². The number of carbonyl (C=O) groups excluding carboxylic acids is 1. The molecule has 0 saturated carbocycles. The summed E-state index contributed by atoms with van der Waals surface area (Å²) in [6, 6.07) is 8.24. The summed E-state index contributed by atoms with van der Waals surface area (Å²) in [4.78, 5) is 13.9. The smallest absolute Gasteiger partial charge is 0.224 e. The maximum absolute atomic E-state index is 12.0. The van der Waals surface area contributed by atoms with Crippen LogP contribution in [0.15, 0.2) is 24.3 Å². The van der Waals surface area contributed by atoms with Crippen molar-refractivity contribution < 1.29 is 9.53 Å². The molecular formula is C17H26N2O2. The second-order valence-corrected chi connectivity index (χ2v) is 6.06. The predicted octanol–water partition coefficient (Wildman–Crippen LogP) is 2.21. The Kier molecular flexibility index (Phi) is 5.62. The molecule has 0 spiro atoms. The SMILES string of the molecule is COc1ccc(CC2CCN(C(=O)CC(C)N)CC2)cc1. The van der Waals surface area contributed by atoms with Gasteiger partial charge in [0.25, 0.3) is 0 Å². The van der Waals surface area contributed by atoms with Gasteiger partial charge < -0.3 is 15.4 Å². The Morgan fingerprint density at radius 3 is 2.48 bits per heavy atom. The summed E-state index contributed by atoms with van der Waals surface area (Å²) in [5.74, 6) is 1.76. The van der Waals surface area contributed by atoms with Gasteiger partial charge >= 0.3 is 0 Å². The Hall–Kier alpha value is -1.55. The first-order chi connectivity index (χ1) is 10.1. The molecule has 1 aliphatic rings. The van der Waals surface area contributed by atoms with Crippen LogP contribution in [-0.4, -0.2) is 37.0 Å². The van der Waals surface area contributed by atoms with Gasteiger partial charge in [-0.1, -0.05) is 12.1 Å². The lowest BCUT2D eigenvalue weighted by molar-refractivity contribution is -0.132. The lowest BCUT2D eigenvalue weighted by atomic mass is 9.90. The minimum absolute atomic E-state index is 0.0467. The Labute approximate surface area is 127 Å². The third-order valence-electron chi connectivity index (χ3n) is 4.15. The van der Waals surface area contributed by atoms with Crippen molar-refractivity contribution in [3.05, 3.63) is 29.8 Å². The van der Waals surface area contributed by atoms with E-state index in [0.717, 1.165) is 38.1 Å². The molecule has 116 valence electrons. The van der Waals surface area contributed by atoms with Gasteiger partial charge in [-0.05, 0) is 49.8 Å². The average Bonchev–Trinajstić information content (AvgIpc) is 2.48. The molecule has 0 bridgehead atoms. The van der Waals surface area contributed by atoms with Crippen LogP contribution in [0, 0.1) is 5.92 Å². The highest BCUT2D eigenvalue weighted by Gasteiger charge is 2.23. The number of amides is 1. The molecule has 0 radical (unpaired) electrons. The van der Waals surface area contributed by atoms with E-state index in [1.165, 1.54) is 5.56 Å². The maximum atomic E-state index is 12.0. The number of rotatable bonds is 5. The second-order valence-electron chi connectivity index (χ2n) is 6.06. The molecule has 4 heteroatoms. The summed E-state index contributed by atoms with van der Waals surface area (Å²) < 4.78 is 5.18. The zero-order chi connectivity index (χ0) is 15.2. The number of likely N-dealkylation sites (tertiary alicyclic amines) is 1. The topological polar surface area (TPSA) is 55.6 Å². The minimum atomic E-state index is -0.0467. The number of ether oxygens (including phenoxy) is 1. The fourth-order valence-corrected chi connectivity index (χ4v) is 2.89. The number of methoxy groups -OCH3 is 1. The van der Waals surface area contributed by atoms with Crippen molar-refractivity contribution >= 4 is 5.91 Å². The Morgan fingerprint density at radius 1 is 1.33 bits per heavy atom. The monoisotopic (exact) mass is 290 g/mol. The van der Waals surface area contributed by atoms with E-state index in [1.54, 1.807) is 7.11 Å². The molecule has 0 aliphatic carbocycles. The highest BCUT2D eigenvalue weighted by Crippen LogP contribution is 2.23. The first-order valence-corrected chi connectivity index (χ1v) is 7.74. The molecule has 1 aliphatic heterocycles. The Bertz CT molecular complexity index is 448. The second kappa shape index (κ2) is 7.46. The number of hydrogen-bond acceptors (Lipinski definition) is 3. The van der Waals surface area contributed by atoms with Gasteiger partial charge in [-0.3, -0.25) is 4.79 Å². The van der Waals surface area contributed by atoms with E-state index in [1.807, 2.05) is 24.0 Å². The first-order valence-electron chi connectivity index (χ1n) is 7.74. The molecule has 1 amide bonds. The molecule has 1 unspecified atom stereocenters. The fourth-order valence-electron chi connectivity index (χ4n) is 2.89. The highest BCUT2D eigenvalue weighted by molar-refractivity contribution is 5.76. The van der Waals surface area contributed by atoms with Crippen LogP contribution in [0.25, 0.3) is 0 Å². The molecule has 21 heavy (non-hydrogen) atoms. The van der Waals surface area contributed by atoms with E-state index in [2.05, 4.69) is 12.1 Å². The lowest BCUT2D eigenvalue weighted by Gasteiger charge is -2.32. The number of benzene rings is 1. The fraction of sp³-hybridized carbons (Fsp3) is 0.588. The number of hydrogen-bond donors (Lipinski definition) is 1. The van der Waals surface area contributed by atoms with Crippen LogP contribution in [0.1, 0.15) is 31.7 Å². The van der Waals surface area contributed by atoms with Crippen molar-refractivity contribution in [2.24, 2.45) is 11.7 Å². The molecular weight excluding hydrogens is 264 g/mol. The summed E-state index contributed by atoms with van der Waals surface area (Å²) in [6.45, 7) is 3.62. The van der Waals surface area contributed by atoms with Crippen molar-refractivity contribution in [2.45, 2.75) is 38.6 Å². The van der Waals surface area contributed by atoms with Crippen LogP contribution in [0.2, 0.25) is 0 Å². The van der Waals surface area contributed by atoms with E-state index in [-0.39, 0.29) is 11.9 Å². The van der Waals surface area contributed by atoms with Crippen LogP contribution in [0.3, 0.4) is 0 Å². The Balaban J connectivity index is 1.79. The third kappa shape index (κ3) is 4.74. The molecule has 2 rings (SSSR count). The zero-order valence-electron chi connectivity index (χ0n) is 13.0. The molecule has 2 N–H and O–H groups in total. The molecule has 0 aromatic heterocycles. The van der Waals surface area contributed by atoms with Crippen molar-refractivity contribution in [1.82, 2.24) is 4.90 Å². The standard InChI is InChI=1S/C17H26N2O2/c1-13(18)11-17(20)19-9-7-15(8-10-19)12-14-3-5-16(21-2)6-4-14/h3-6,13,15H,7-12,18H2,1-2H3. The van der Waals surface area contributed by atoms with Gasteiger partial charge in [-0.25, -0.2) is 0 Å². The summed E-state index contributed by atoms with van der Waals surface area (Å²) in [5.41, 5.74) is 7.04. The molecule has 1 atom stereocenters. The summed E-state index contributed by atoms with van der Waals surface area (Å²) >= 11 is 0. The van der Waals surface area contributed by atoms with Gasteiger partial charge in [0.1, 0.15) is 5.75 Å². The predicted molar refractivity (Wildman–Crippen MR) is 84.3 cm³/mol. The van der Waals surface area contributed by atoms with Crippen LogP contribution in [-0.2, 0) is 11.2 Å². The highest BCUT2D eigenvalue weighted by atomic mass is 16.5. The zero-order valence-corrected chi connectivity index (χ0v) is 13.0. The van der Waals surface area contributed by atoms with Gasteiger partial charge in [0.2, 0.25) is 5.91 Å². The molecule has 1 saturated heterocycles. The third-order valence-corrected chi connectivity index (χ3v) is 4.15. The molecule has 4 nitrogen and oxygen atoms in total. The maximum Gasteiger partial charge on any atom is 0.224 e. The van der Waals surface area contributed by atoms with Crippen molar-refractivity contribution in [3.63, 3.8) is 0 Å². The molecule has 1 aromatic carbocycles. The molecule has 1 aromatic rings. The van der Waals surface area contributed by atoms with Crippen LogP contribution < -0.4 is 10.5 Å². The van der Waals surface area contributed by atoms with E-state index < -0.39 is 0 Å². The van der Waals surface area contributed by atoms with Gasteiger partial charge in [-0.2, -0.15) is 0 Å². The average molecular weight is 290 g/mol. The van der Waals surface area contributed by atoms with Crippen LogP contribution in [0.5, 0.6) is 5.75 Å². The van der Waals surface area contributed by atoms with Gasteiger partial charge in [-0.15, -0.1) is 0 Å². The lowest BCUT2D eigenvalue weighted by Crippen LogP contribution is -2.40. The van der Waals surface area contributed by atoms with E-state index in [9.17, 15) is 4.79 Å².